The number of carbonyl (C=O) groups excluding carboxylic acids is 1. The molecule has 0 unspecified atom stereocenters. The molecule has 0 spiro atoms. The summed E-state index contributed by atoms with van der Waals surface area (Å²) in [6.07, 6.45) is 7.97. The molecular weight excluding hydrogens is 200 g/mol. The van der Waals surface area contributed by atoms with Gasteiger partial charge in [-0.05, 0) is 43.4 Å². The molecule has 0 aromatic carbocycles. The number of carbonyl (C=O) groups is 1. The Morgan fingerprint density at radius 1 is 1.50 bits per heavy atom. The lowest BCUT2D eigenvalue weighted by atomic mass is 9.64. The van der Waals surface area contributed by atoms with Crippen LogP contribution < -0.4 is 0 Å². The van der Waals surface area contributed by atoms with E-state index in [9.17, 15) is 4.79 Å². The largest absolute Gasteiger partial charge is 0.462 e. The summed E-state index contributed by atoms with van der Waals surface area (Å²) in [7, 11) is 0. The van der Waals surface area contributed by atoms with Gasteiger partial charge in [-0.1, -0.05) is 20.4 Å². The normalized spacial score (nSPS) is 32.8. The summed E-state index contributed by atoms with van der Waals surface area (Å²) in [6.45, 7) is 8.46. The maximum absolute atomic E-state index is 11.1. The van der Waals surface area contributed by atoms with Crippen LogP contribution in [0.1, 0.15) is 46.0 Å². The minimum atomic E-state index is -0.294. The van der Waals surface area contributed by atoms with E-state index >= 15 is 0 Å². The lowest BCUT2D eigenvalue weighted by molar-refractivity contribution is -0.143. The van der Waals surface area contributed by atoms with Crippen LogP contribution in [0.3, 0.4) is 0 Å². The van der Waals surface area contributed by atoms with Crippen LogP contribution in [-0.4, -0.2) is 12.6 Å². The molecular formula is C14H22O2. The van der Waals surface area contributed by atoms with Crippen molar-refractivity contribution in [3.8, 4) is 0 Å². The molecule has 0 amide bonds. The predicted octanol–water partition coefficient (Wildman–Crippen LogP) is 3.32. The van der Waals surface area contributed by atoms with E-state index in [1.54, 1.807) is 0 Å². The highest BCUT2D eigenvalue weighted by Crippen LogP contribution is 2.62. The Hall–Kier alpha value is -0.790. The second kappa shape index (κ2) is 3.90. The molecule has 2 saturated carbocycles. The first-order valence-corrected chi connectivity index (χ1v) is 6.28. The fraction of sp³-hybridized carbons (Fsp3) is 0.786. The molecule has 16 heavy (non-hydrogen) atoms. The second-order valence-electron chi connectivity index (χ2n) is 6.12. The van der Waals surface area contributed by atoms with Crippen molar-refractivity contribution in [2.24, 2.45) is 16.7 Å². The Morgan fingerprint density at radius 2 is 2.12 bits per heavy atom. The summed E-state index contributed by atoms with van der Waals surface area (Å²) in [5.74, 6) is 0.645. The van der Waals surface area contributed by atoms with Gasteiger partial charge in [0, 0.05) is 11.5 Å². The first-order chi connectivity index (χ1) is 7.49. The van der Waals surface area contributed by atoms with Gasteiger partial charge in [0.15, 0.2) is 0 Å². The fourth-order valence-corrected chi connectivity index (χ4v) is 3.61. The summed E-state index contributed by atoms with van der Waals surface area (Å²) in [5.41, 5.74) is 0.538. The van der Waals surface area contributed by atoms with Crippen molar-refractivity contribution in [1.82, 2.24) is 0 Å². The van der Waals surface area contributed by atoms with E-state index < -0.39 is 0 Å². The molecule has 0 saturated heterocycles. The molecule has 0 heterocycles. The molecule has 2 aliphatic rings. The van der Waals surface area contributed by atoms with Gasteiger partial charge in [0.1, 0.15) is 0 Å². The van der Waals surface area contributed by atoms with E-state index in [1.165, 1.54) is 38.2 Å². The molecule has 0 radical (unpaired) electrons. The first kappa shape index (κ1) is 11.7. The third-order valence-corrected chi connectivity index (χ3v) is 4.92. The lowest BCUT2D eigenvalue weighted by Gasteiger charge is -2.42. The molecule has 2 nitrogen and oxygen atoms in total. The fourth-order valence-electron chi connectivity index (χ4n) is 3.61. The number of hydrogen-bond acceptors (Lipinski definition) is 2. The second-order valence-corrected chi connectivity index (χ2v) is 6.12. The van der Waals surface area contributed by atoms with Crippen LogP contribution in [0.15, 0.2) is 12.7 Å². The van der Waals surface area contributed by atoms with E-state index in [0.717, 1.165) is 5.92 Å². The Morgan fingerprint density at radius 3 is 2.56 bits per heavy atom. The molecule has 0 aromatic rings. The van der Waals surface area contributed by atoms with Crippen molar-refractivity contribution < 1.29 is 9.53 Å². The summed E-state index contributed by atoms with van der Waals surface area (Å²) < 4.78 is 5.26. The SMILES string of the molecule is C=CC(=O)OCC(C)(C)C12CCC(CC1)C2. The van der Waals surface area contributed by atoms with Gasteiger partial charge in [-0.15, -0.1) is 0 Å². The summed E-state index contributed by atoms with van der Waals surface area (Å²) in [4.78, 5) is 11.1. The topological polar surface area (TPSA) is 26.3 Å². The molecule has 2 fully saturated rings. The Kier molecular flexibility index (Phi) is 2.85. The van der Waals surface area contributed by atoms with E-state index in [-0.39, 0.29) is 11.4 Å². The van der Waals surface area contributed by atoms with E-state index in [0.29, 0.717) is 12.0 Å². The van der Waals surface area contributed by atoms with Crippen molar-refractivity contribution in [3.63, 3.8) is 0 Å². The third kappa shape index (κ3) is 1.79. The molecule has 0 N–H and O–H groups in total. The number of rotatable bonds is 4. The molecule has 2 aliphatic carbocycles. The number of fused-ring (bicyclic) bond motifs is 2. The van der Waals surface area contributed by atoms with Gasteiger partial charge in [0.2, 0.25) is 0 Å². The summed E-state index contributed by atoms with van der Waals surface area (Å²) >= 11 is 0. The van der Waals surface area contributed by atoms with Crippen molar-refractivity contribution in [3.05, 3.63) is 12.7 Å². The van der Waals surface area contributed by atoms with Gasteiger partial charge in [-0.25, -0.2) is 4.79 Å². The Bertz CT molecular complexity index is 296. The quantitative estimate of drug-likeness (QED) is 0.539. The van der Waals surface area contributed by atoms with Crippen LogP contribution in [0.2, 0.25) is 0 Å². The monoisotopic (exact) mass is 222 g/mol. The van der Waals surface area contributed by atoms with E-state index in [4.69, 9.17) is 4.74 Å². The van der Waals surface area contributed by atoms with Gasteiger partial charge >= 0.3 is 5.97 Å². The summed E-state index contributed by atoms with van der Waals surface area (Å²) in [5, 5.41) is 0. The lowest BCUT2D eigenvalue weighted by Crippen LogP contribution is -2.38. The highest BCUT2D eigenvalue weighted by molar-refractivity contribution is 5.81. The average molecular weight is 222 g/mol. The first-order valence-electron chi connectivity index (χ1n) is 6.28. The van der Waals surface area contributed by atoms with E-state index in [1.807, 2.05) is 0 Å². The van der Waals surface area contributed by atoms with E-state index in [2.05, 4.69) is 20.4 Å². The average Bonchev–Trinajstić information content (AvgIpc) is 2.87. The van der Waals surface area contributed by atoms with Crippen LogP contribution in [-0.2, 0) is 9.53 Å². The molecule has 0 aromatic heterocycles. The zero-order chi connectivity index (χ0) is 11.8. The number of hydrogen-bond donors (Lipinski definition) is 0. The van der Waals surface area contributed by atoms with Gasteiger partial charge in [-0.2, -0.15) is 0 Å². The maximum atomic E-state index is 11.1. The smallest absolute Gasteiger partial charge is 0.330 e. The molecule has 2 heteroatoms. The van der Waals surface area contributed by atoms with Crippen LogP contribution in [0.4, 0.5) is 0 Å². The highest BCUT2D eigenvalue weighted by Gasteiger charge is 2.53. The highest BCUT2D eigenvalue weighted by atomic mass is 16.5. The predicted molar refractivity (Wildman–Crippen MR) is 63.9 cm³/mol. The van der Waals surface area contributed by atoms with Gasteiger partial charge in [0.05, 0.1) is 6.61 Å². The minimum Gasteiger partial charge on any atom is -0.462 e. The molecule has 90 valence electrons. The molecule has 0 aliphatic heterocycles. The van der Waals surface area contributed by atoms with Crippen LogP contribution in [0, 0.1) is 16.7 Å². The minimum absolute atomic E-state index is 0.108. The Labute approximate surface area is 98.1 Å². The zero-order valence-corrected chi connectivity index (χ0v) is 10.4. The summed E-state index contributed by atoms with van der Waals surface area (Å²) in [6, 6.07) is 0. The van der Waals surface area contributed by atoms with Crippen LogP contribution in [0.25, 0.3) is 0 Å². The van der Waals surface area contributed by atoms with Gasteiger partial charge in [-0.3, -0.25) is 0 Å². The molecule has 0 atom stereocenters. The van der Waals surface area contributed by atoms with Crippen molar-refractivity contribution >= 4 is 5.97 Å². The van der Waals surface area contributed by atoms with Crippen molar-refractivity contribution in [2.45, 2.75) is 46.0 Å². The van der Waals surface area contributed by atoms with Gasteiger partial charge < -0.3 is 4.74 Å². The standard InChI is InChI=1S/C14H22O2/c1-4-12(15)16-10-13(2,3)14-7-5-11(9-14)6-8-14/h4,11H,1,5-10H2,2-3H3. The Balaban J connectivity index is 2.01. The number of ether oxygens (including phenoxy) is 1. The zero-order valence-electron chi connectivity index (χ0n) is 10.4. The maximum Gasteiger partial charge on any atom is 0.330 e. The third-order valence-electron chi connectivity index (χ3n) is 4.92. The van der Waals surface area contributed by atoms with Crippen LogP contribution >= 0.6 is 0 Å². The molecule has 2 bridgehead atoms. The van der Waals surface area contributed by atoms with Crippen molar-refractivity contribution in [2.75, 3.05) is 6.61 Å². The van der Waals surface area contributed by atoms with Crippen LogP contribution in [0.5, 0.6) is 0 Å². The van der Waals surface area contributed by atoms with Gasteiger partial charge in [0.25, 0.3) is 0 Å². The van der Waals surface area contributed by atoms with Crippen molar-refractivity contribution in [1.29, 1.82) is 0 Å². The number of esters is 1. The molecule has 2 rings (SSSR count).